The van der Waals surface area contributed by atoms with Crippen molar-refractivity contribution in [3.8, 4) is 0 Å². The van der Waals surface area contributed by atoms with E-state index in [9.17, 15) is 9.59 Å². The van der Waals surface area contributed by atoms with Crippen molar-refractivity contribution in [2.24, 2.45) is 0 Å². The Morgan fingerprint density at radius 3 is 2.65 bits per heavy atom. The third-order valence-electron chi connectivity index (χ3n) is 4.13. The van der Waals surface area contributed by atoms with Crippen molar-refractivity contribution in [2.75, 3.05) is 19.6 Å². The first-order chi connectivity index (χ1) is 11.1. The van der Waals surface area contributed by atoms with Gasteiger partial charge in [0, 0.05) is 26.1 Å². The lowest BCUT2D eigenvalue weighted by Crippen LogP contribution is -2.45. The molecule has 1 aliphatic rings. The van der Waals surface area contributed by atoms with Gasteiger partial charge in [-0.1, -0.05) is 36.8 Å². The second-order valence-electron chi connectivity index (χ2n) is 6.10. The normalized spacial score (nSPS) is 17.6. The van der Waals surface area contributed by atoms with Crippen molar-refractivity contribution in [2.45, 2.75) is 45.7 Å². The molecule has 0 bridgehead atoms. The number of nitrogens with zero attached hydrogens (tertiary/aromatic N) is 1. The van der Waals surface area contributed by atoms with Crippen LogP contribution in [0.15, 0.2) is 24.3 Å². The molecule has 5 nitrogen and oxygen atoms in total. The predicted octanol–water partition coefficient (Wildman–Crippen LogP) is 1.60. The number of amides is 2. The van der Waals surface area contributed by atoms with Gasteiger partial charge in [0.05, 0.1) is 0 Å². The van der Waals surface area contributed by atoms with Crippen LogP contribution in [0.4, 0.5) is 0 Å². The summed E-state index contributed by atoms with van der Waals surface area (Å²) >= 11 is 0. The van der Waals surface area contributed by atoms with E-state index < -0.39 is 0 Å². The Kier molecular flexibility index (Phi) is 6.59. The van der Waals surface area contributed by atoms with Gasteiger partial charge in [0.25, 0.3) is 0 Å². The first kappa shape index (κ1) is 17.5. The van der Waals surface area contributed by atoms with Gasteiger partial charge in [-0.15, -0.1) is 0 Å². The summed E-state index contributed by atoms with van der Waals surface area (Å²) in [5.74, 6) is 0.0242. The third kappa shape index (κ3) is 5.06. The number of carbonyl (C=O) groups is 2. The summed E-state index contributed by atoms with van der Waals surface area (Å²) in [5, 5.41) is 6.18. The van der Waals surface area contributed by atoms with Crippen LogP contribution in [0.3, 0.4) is 0 Å². The lowest BCUT2D eigenvalue weighted by atomic mass is 10.1. The summed E-state index contributed by atoms with van der Waals surface area (Å²) in [6.07, 6.45) is 2.15. The van der Waals surface area contributed by atoms with Crippen molar-refractivity contribution in [3.05, 3.63) is 35.4 Å². The fourth-order valence-electron chi connectivity index (χ4n) is 2.79. The standard InChI is InChI=1S/C18H27N3O2/c1-3-10-19-11-12-20-18(23)16-8-9-17(22)21(16)13-15-6-4-14(2)5-7-15/h4-7,16,19H,3,8-13H2,1-2H3,(H,20,23). The lowest BCUT2D eigenvalue weighted by Gasteiger charge is -2.24. The average molecular weight is 317 g/mol. The van der Waals surface area contributed by atoms with E-state index in [-0.39, 0.29) is 17.9 Å². The zero-order valence-electron chi connectivity index (χ0n) is 14.1. The number of nitrogens with one attached hydrogen (secondary N) is 2. The molecule has 1 saturated heterocycles. The first-order valence-electron chi connectivity index (χ1n) is 8.45. The molecule has 0 radical (unpaired) electrons. The van der Waals surface area contributed by atoms with Gasteiger partial charge in [0.2, 0.25) is 11.8 Å². The van der Waals surface area contributed by atoms with E-state index in [0.717, 1.165) is 25.1 Å². The predicted molar refractivity (Wildman–Crippen MR) is 90.9 cm³/mol. The van der Waals surface area contributed by atoms with Gasteiger partial charge in [-0.3, -0.25) is 9.59 Å². The second-order valence-corrected chi connectivity index (χ2v) is 6.10. The number of aryl methyl sites for hydroxylation is 1. The van der Waals surface area contributed by atoms with E-state index in [0.29, 0.717) is 25.9 Å². The average Bonchev–Trinajstić information content (AvgIpc) is 2.90. The van der Waals surface area contributed by atoms with Crippen LogP contribution in [-0.2, 0) is 16.1 Å². The fourth-order valence-corrected chi connectivity index (χ4v) is 2.79. The van der Waals surface area contributed by atoms with Gasteiger partial charge in [-0.2, -0.15) is 0 Å². The van der Waals surface area contributed by atoms with Gasteiger partial charge in [-0.05, 0) is 31.9 Å². The number of rotatable bonds is 8. The molecule has 0 aliphatic carbocycles. The van der Waals surface area contributed by atoms with Crippen molar-refractivity contribution >= 4 is 11.8 Å². The molecule has 0 saturated carbocycles. The Bertz CT molecular complexity index is 528. The Labute approximate surface area is 138 Å². The van der Waals surface area contributed by atoms with Gasteiger partial charge in [0.15, 0.2) is 0 Å². The molecule has 1 unspecified atom stereocenters. The van der Waals surface area contributed by atoms with Crippen molar-refractivity contribution in [1.29, 1.82) is 0 Å². The summed E-state index contributed by atoms with van der Waals surface area (Å²) in [6.45, 7) is 6.97. The lowest BCUT2D eigenvalue weighted by molar-refractivity contribution is -0.135. The monoisotopic (exact) mass is 317 g/mol. The topological polar surface area (TPSA) is 61.4 Å². The quantitative estimate of drug-likeness (QED) is 0.716. The second kappa shape index (κ2) is 8.67. The minimum absolute atomic E-state index is 0.0405. The number of likely N-dealkylation sites (tertiary alicyclic amines) is 1. The van der Waals surface area contributed by atoms with Crippen LogP contribution in [0.1, 0.15) is 37.3 Å². The van der Waals surface area contributed by atoms with E-state index in [4.69, 9.17) is 0 Å². The molecule has 1 aliphatic heterocycles. The van der Waals surface area contributed by atoms with Gasteiger partial charge >= 0.3 is 0 Å². The molecule has 5 heteroatoms. The number of benzene rings is 1. The summed E-state index contributed by atoms with van der Waals surface area (Å²) in [5.41, 5.74) is 2.25. The maximum absolute atomic E-state index is 12.3. The maximum Gasteiger partial charge on any atom is 0.242 e. The van der Waals surface area contributed by atoms with Crippen LogP contribution in [-0.4, -0.2) is 42.4 Å². The molecule has 1 aromatic rings. The maximum atomic E-state index is 12.3. The zero-order chi connectivity index (χ0) is 16.7. The molecule has 23 heavy (non-hydrogen) atoms. The molecular formula is C18H27N3O2. The molecule has 1 aromatic carbocycles. The van der Waals surface area contributed by atoms with Gasteiger partial charge in [0.1, 0.15) is 6.04 Å². The van der Waals surface area contributed by atoms with E-state index in [1.807, 2.05) is 31.2 Å². The molecule has 2 N–H and O–H groups in total. The van der Waals surface area contributed by atoms with E-state index in [2.05, 4.69) is 17.6 Å². The first-order valence-corrected chi connectivity index (χ1v) is 8.45. The van der Waals surface area contributed by atoms with Gasteiger partial charge in [-0.25, -0.2) is 0 Å². The van der Waals surface area contributed by atoms with Crippen LogP contribution in [0.2, 0.25) is 0 Å². The molecule has 2 amide bonds. The Morgan fingerprint density at radius 1 is 1.22 bits per heavy atom. The van der Waals surface area contributed by atoms with E-state index in [1.54, 1.807) is 4.90 Å². The summed E-state index contributed by atoms with van der Waals surface area (Å²) in [6, 6.07) is 7.76. The van der Waals surface area contributed by atoms with Crippen LogP contribution >= 0.6 is 0 Å². The minimum Gasteiger partial charge on any atom is -0.353 e. The van der Waals surface area contributed by atoms with Crippen molar-refractivity contribution in [1.82, 2.24) is 15.5 Å². The molecule has 0 spiro atoms. The Morgan fingerprint density at radius 2 is 1.96 bits per heavy atom. The minimum atomic E-state index is -0.338. The van der Waals surface area contributed by atoms with Crippen LogP contribution in [0.25, 0.3) is 0 Å². The highest BCUT2D eigenvalue weighted by Gasteiger charge is 2.35. The Balaban J connectivity index is 1.88. The van der Waals surface area contributed by atoms with Crippen LogP contribution in [0, 0.1) is 6.92 Å². The molecule has 1 atom stereocenters. The fraction of sp³-hybridized carbons (Fsp3) is 0.556. The summed E-state index contributed by atoms with van der Waals surface area (Å²) < 4.78 is 0. The van der Waals surface area contributed by atoms with Crippen molar-refractivity contribution < 1.29 is 9.59 Å². The number of hydrogen-bond donors (Lipinski definition) is 2. The highest BCUT2D eigenvalue weighted by atomic mass is 16.2. The van der Waals surface area contributed by atoms with Crippen LogP contribution < -0.4 is 10.6 Å². The molecule has 1 heterocycles. The third-order valence-corrected chi connectivity index (χ3v) is 4.13. The molecule has 0 aromatic heterocycles. The molecule has 1 fully saturated rings. The van der Waals surface area contributed by atoms with E-state index in [1.165, 1.54) is 5.56 Å². The van der Waals surface area contributed by atoms with Crippen molar-refractivity contribution in [3.63, 3.8) is 0 Å². The highest BCUT2D eigenvalue weighted by Crippen LogP contribution is 2.21. The van der Waals surface area contributed by atoms with E-state index >= 15 is 0 Å². The number of carbonyl (C=O) groups excluding carboxylic acids is 2. The molecule has 126 valence electrons. The Hall–Kier alpha value is -1.88. The molecular weight excluding hydrogens is 290 g/mol. The number of hydrogen-bond acceptors (Lipinski definition) is 3. The molecule has 2 rings (SSSR count). The van der Waals surface area contributed by atoms with Gasteiger partial charge < -0.3 is 15.5 Å². The largest absolute Gasteiger partial charge is 0.353 e. The van der Waals surface area contributed by atoms with Crippen LogP contribution in [0.5, 0.6) is 0 Å². The summed E-state index contributed by atoms with van der Waals surface area (Å²) in [4.78, 5) is 26.2. The highest BCUT2D eigenvalue weighted by molar-refractivity contribution is 5.90. The smallest absolute Gasteiger partial charge is 0.242 e. The SMILES string of the molecule is CCCNCCNC(=O)C1CCC(=O)N1Cc1ccc(C)cc1. The summed E-state index contributed by atoms with van der Waals surface area (Å²) in [7, 11) is 0. The zero-order valence-corrected chi connectivity index (χ0v) is 14.1.